The molecule has 9 nitrogen and oxygen atoms in total. The van der Waals surface area contributed by atoms with Crippen LogP contribution in [-0.2, 0) is 14.8 Å². The number of piperazine rings is 1. The Morgan fingerprint density at radius 2 is 1.80 bits per heavy atom. The fraction of sp³-hybridized carbons (Fsp3) is 0.500. The first-order chi connectivity index (χ1) is 14.2. The number of hydrogen-bond donors (Lipinski definition) is 0. The standard InChI is InChI=1S/C20H26N6O3S/c1-14(2)19-21-15(3)12-18(22-19)24-6-8-25(9-7-24)20(27)16-4-5-17-23-30(28,29)11-10-26(17)13-16/h4-5,12-14H,6-11H2,1-3H3. The minimum Gasteiger partial charge on any atom is -0.353 e. The van der Waals surface area contributed by atoms with Crippen molar-refractivity contribution in [2.45, 2.75) is 26.7 Å². The zero-order valence-electron chi connectivity index (χ0n) is 17.4. The molecule has 1 aromatic heterocycles. The molecule has 0 spiro atoms. The van der Waals surface area contributed by atoms with E-state index >= 15 is 0 Å². The Kier molecular flexibility index (Phi) is 5.35. The van der Waals surface area contributed by atoms with Gasteiger partial charge in [-0.25, -0.2) is 18.4 Å². The van der Waals surface area contributed by atoms with Gasteiger partial charge in [-0.05, 0) is 19.1 Å². The number of fused-ring (bicyclic) bond motifs is 1. The summed E-state index contributed by atoms with van der Waals surface area (Å²) in [6.07, 6.45) is 4.94. The lowest BCUT2D eigenvalue weighted by Crippen LogP contribution is -2.50. The summed E-state index contributed by atoms with van der Waals surface area (Å²) >= 11 is 0. The molecule has 4 heterocycles. The van der Waals surface area contributed by atoms with Gasteiger partial charge in [0.05, 0.1) is 11.3 Å². The topological polar surface area (TPSA) is 99.1 Å². The molecule has 1 aromatic rings. The fourth-order valence-corrected chi connectivity index (χ4v) is 4.61. The highest BCUT2D eigenvalue weighted by Crippen LogP contribution is 2.21. The SMILES string of the molecule is Cc1cc(N2CCN(C(=O)C3=CN4CCS(=O)(=O)N=C4C=C3)CC2)nc(C(C)C)n1. The Morgan fingerprint density at radius 1 is 1.07 bits per heavy atom. The van der Waals surface area contributed by atoms with Crippen LogP contribution in [0.3, 0.4) is 0 Å². The molecule has 3 aliphatic heterocycles. The molecule has 1 amide bonds. The van der Waals surface area contributed by atoms with E-state index in [1.54, 1.807) is 23.3 Å². The van der Waals surface area contributed by atoms with Crippen LogP contribution in [0.2, 0.25) is 0 Å². The van der Waals surface area contributed by atoms with Crippen LogP contribution in [-0.4, -0.2) is 78.4 Å². The summed E-state index contributed by atoms with van der Waals surface area (Å²) in [5.74, 6) is 2.27. The molecular formula is C20H26N6O3S. The third-order valence-corrected chi connectivity index (χ3v) is 6.50. The number of nitrogens with zero attached hydrogens (tertiary/aromatic N) is 6. The Bertz CT molecular complexity index is 1050. The first kappa shape index (κ1) is 20.5. The van der Waals surface area contributed by atoms with Gasteiger partial charge in [-0.3, -0.25) is 4.79 Å². The van der Waals surface area contributed by atoms with Gasteiger partial charge < -0.3 is 14.7 Å². The number of anilines is 1. The highest BCUT2D eigenvalue weighted by molar-refractivity contribution is 7.90. The van der Waals surface area contributed by atoms with Crippen LogP contribution in [0.25, 0.3) is 0 Å². The lowest BCUT2D eigenvalue weighted by Gasteiger charge is -2.36. The number of amidine groups is 1. The summed E-state index contributed by atoms with van der Waals surface area (Å²) in [7, 11) is -3.40. The summed E-state index contributed by atoms with van der Waals surface area (Å²) < 4.78 is 27.0. The van der Waals surface area contributed by atoms with Crippen molar-refractivity contribution in [2.75, 3.05) is 43.4 Å². The van der Waals surface area contributed by atoms with Crippen LogP contribution in [0, 0.1) is 6.92 Å². The van der Waals surface area contributed by atoms with Crippen molar-refractivity contribution in [3.05, 3.63) is 41.5 Å². The Balaban J connectivity index is 1.42. The van der Waals surface area contributed by atoms with E-state index in [2.05, 4.69) is 28.1 Å². The first-order valence-electron chi connectivity index (χ1n) is 10.1. The van der Waals surface area contributed by atoms with E-state index in [0.29, 0.717) is 44.1 Å². The quantitative estimate of drug-likeness (QED) is 0.707. The van der Waals surface area contributed by atoms with Crippen molar-refractivity contribution in [2.24, 2.45) is 4.40 Å². The van der Waals surface area contributed by atoms with Crippen molar-refractivity contribution in [3.8, 4) is 0 Å². The van der Waals surface area contributed by atoms with Crippen LogP contribution in [0.15, 0.2) is 34.4 Å². The molecule has 1 fully saturated rings. The van der Waals surface area contributed by atoms with Crippen LogP contribution in [0.4, 0.5) is 5.82 Å². The summed E-state index contributed by atoms with van der Waals surface area (Å²) in [6.45, 7) is 9.03. The number of carbonyl (C=O) groups is 1. The summed E-state index contributed by atoms with van der Waals surface area (Å²) in [5, 5.41) is 0. The van der Waals surface area contributed by atoms with Crippen LogP contribution >= 0.6 is 0 Å². The fourth-order valence-electron chi connectivity index (χ4n) is 3.64. The number of sulfonamides is 1. The maximum Gasteiger partial charge on any atom is 0.256 e. The second-order valence-corrected chi connectivity index (χ2v) is 9.76. The van der Waals surface area contributed by atoms with Gasteiger partial charge in [-0.1, -0.05) is 13.8 Å². The van der Waals surface area contributed by atoms with E-state index in [9.17, 15) is 13.2 Å². The van der Waals surface area contributed by atoms with Gasteiger partial charge in [0.15, 0.2) is 0 Å². The van der Waals surface area contributed by atoms with Gasteiger partial charge in [-0.2, -0.15) is 0 Å². The molecule has 0 aliphatic carbocycles. The van der Waals surface area contributed by atoms with Crippen molar-refractivity contribution in [1.82, 2.24) is 19.8 Å². The highest BCUT2D eigenvalue weighted by atomic mass is 32.2. The van der Waals surface area contributed by atoms with E-state index in [-0.39, 0.29) is 17.6 Å². The molecule has 3 aliphatic rings. The van der Waals surface area contributed by atoms with Gasteiger partial charge in [0.2, 0.25) is 0 Å². The summed E-state index contributed by atoms with van der Waals surface area (Å²) in [4.78, 5) is 27.9. The average molecular weight is 431 g/mol. The Labute approximate surface area is 176 Å². The van der Waals surface area contributed by atoms with Gasteiger partial charge in [0, 0.05) is 56.6 Å². The zero-order chi connectivity index (χ0) is 21.5. The normalized spacial score (nSPS) is 20.7. The number of rotatable bonds is 3. The number of amides is 1. The number of hydrogen-bond acceptors (Lipinski definition) is 7. The second-order valence-electron chi connectivity index (χ2n) is 8.01. The predicted octanol–water partition coefficient (Wildman–Crippen LogP) is 1.05. The highest BCUT2D eigenvalue weighted by Gasteiger charge is 2.28. The van der Waals surface area contributed by atoms with Crippen molar-refractivity contribution < 1.29 is 13.2 Å². The maximum absolute atomic E-state index is 13.0. The number of aryl methyl sites for hydroxylation is 1. The molecule has 160 valence electrons. The van der Waals surface area contributed by atoms with Crippen molar-refractivity contribution >= 4 is 27.6 Å². The Hall–Kier alpha value is -2.75. The predicted molar refractivity (Wildman–Crippen MR) is 115 cm³/mol. The number of carbonyl (C=O) groups excluding carboxylic acids is 1. The molecule has 0 bridgehead atoms. The van der Waals surface area contributed by atoms with E-state index in [1.165, 1.54) is 0 Å². The average Bonchev–Trinajstić information content (AvgIpc) is 2.72. The maximum atomic E-state index is 13.0. The molecule has 0 aromatic carbocycles. The van der Waals surface area contributed by atoms with E-state index in [1.807, 2.05) is 17.9 Å². The zero-order valence-corrected chi connectivity index (χ0v) is 18.3. The van der Waals surface area contributed by atoms with Crippen molar-refractivity contribution in [1.29, 1.82) is 0 Å². The monoisotopic (exact) mass is 430 g/mol. The Morgan fingerprint density at radius 3 is 2.50 bits per heavy atom. The summed E-state index contributed by atoms with van der Waals surface area (Å²) in [5.41, 5.74) is 1.49. The molecule has 1 saturated heterocycles. The summed E-state index contributed by atoms with van der Waals surface area (Å²) in [6, 6.07) is 1.99. The second kappa shape index (κ2) is 7.82. The van der Waals surface area contributed by atoms with Gasteiger partial charge in [0.1, 0.15) is 17.5 Å². The van der Waals surface area contributed by atoms with Crippen LogP contribution in [0.1, 0.15) is 31.3 Å². The minimum atomic E-state index is -3.40. The lowest BCUT2D eigenvalue weighted by atomic mass is 10.1. The molecule has 0 N–H and O–H groups in total. The molecule has 10 heteroatoms. The van der Waals surface area contributed by atoms with E-state index in [0.717, 1.165) is 17.3 Å². The third kappa shape index (κ3) is 4.23. The number of aromatic nitrogens is 2. The van der Waals surface area contributed by atoms with Crippen molar-refractivity contribution in [3.63, 3.8) is 0 Å². The van der Waals surface area contributed by atoms with Gasteiger partial charge in [-0.15, -0.1) is 4.40 Å². The van der Waals surface area contributed by atoms with Crippen LogP contribution in [0.5, 0.6) is 0 Å². The largest absolute Gasteiger partial charge is 0.353 e. The molecule has 0 unspecified atom stereocenters. The van der Waals surface area contributed by atoms with E-state index < -0.39 is 10.0 Å². The molecule has 30 heavy (non-hydrogen) atoms. The smallest absolute Gasteiger partial charge is 0.256 e. The lowest BCUT2D eigenvalue weighted by molar-refractivity contribution is -0.127. The molecule has 4 rings (SSSR count). The van der Waals surface area contributed by atoms with Crippen LogP contribution < -0.4 is 4.90 Å². The van der Waals surface area contributed by atoms with Gasteiger partial charge in [0.25, 0.3) is 15.9 Å². The third-order valence-electron chi connectivity index (χ3n) is 5.34. The molecular weight excluding hydrogens is 404 g/mol. The molecule has 0 saturated carbocycles. The van der Waals surface area contributed by atoms with E-state index in [4.69, 9.17) is 4.98 Å². The minimum absolute atomic E-state index is 0.0439. The molecule has 0 radical (unpaired) electrons. The van der Waals surface area contributed by atoms with Gasteiger partial charge >= 0.3 is 0 Å². The first-order valence-corrected chi connectivity index (χ1v) is 11.7. The molecule has 0 atom stereocenters.